The summed E-state index contributed by atoms with van der Waals surface area (Å²) >= 11 is 0. The summed E-state index contributed by atoms with van der Waals surface area (Å²) in [6, 6.07) is 15.5. The minimum atomic E-state index is -1.21. The molecular weight excluding hydrogens is 708 g/mol. The van der Waals surface area contributed by atoms with Gasteiger partial charge in [-0.15, -0.1) is 0 Å². The molecule has 18 heteroatoms. The average Bonchev–Trinajstić information content (AvgIpc) is 4.01. The van der Waals surface area contributed by atoms with E-state index in [9.17, 15) is 30.3 Å². The molecule has 0 radical (unpaired) electrons. The van der Waals surface area contributed by atoms with E-state index < -0.39 is 24.3 Å². The van der Waals surface area contributed by atoms with Crippen LogP contribution < -0.4 is 20.9 Å². The van der Waals surface area contributed by atoms with E-state index in [0.717, 1.165) is 11.1 Å². The number of carbonyl (C=O) groups excluding carboxylic acids is 1. The van der Waals surface area contributed by atoms with Crippen molar-refractivity contribution >= 4 is 34.6 Å². The van der Waals surface area contributed by atoms with Crippen molar-refractivity contribution in [1.82, 2.24) is 44.8 Å². The SMILES string of the molecule is O=C(Nc1cccnc1)NC1CCN(c2nc(NCC(c3ccc(O)cc3)c3ccc(O)cc3)c3ncn([C@@H]4C[C@H](n5ncc(CO)n5)[C@@H](O)[C@H]4O)c3n2)C1. The monoisotopic (exact) mass is 748 g/mol. The lowest BCUT2D eigenvalue weighted by Gasteiger charge is -2.22. The van der Waals surface area contributed by atoms with Crippen LogP contribution in [0.4, 0.5) is 22.2 Å². The summed E-state index contributed by atoms with van der Waals surface area (Å²) in [6.07, 6.45) is 4.64. The van der Waals surface area contributed by atoms with Crippen LogP contribution in [0.15, 0.2) is 85.6 Å². The highest BCUT2D eigenvalue weighted by Crippen LogP contribution is 2.40. The summed E-state index contributed by atoms with van der Waals surface area (Å²) in [7, 11) is 0. The van der Waals surface area contributed by atoms with Crippen molar-refractivity contribution in [3.63, 3.8) is 0 Å². The lowest BCUT2D eigenvalue weighted by Crippen LogP contribution is -2.40. The molecule has 2 amide bonds. The number of imidazole rings is 1. The van der Waals surface area contributed by atoms with Crippen LogP contribution in [0.5, 0.6) is 11.5 Å². The second-order valence-electron chi connectivity index (χ2n) is 13.8. The van der Waals surface area contributed by atoms with Gasteiger partial charge in [-0.2, -0.15) is 25.0 Å². The predicted octanol–water partition coefficient (Wildman–Crippen LogP) is 2.27. The number of rotatable bonds is 11. The van der Waals surface area contributed by atoms with E-state index >= 15 is 0 Å². The van der Waals surface area contributed by atoms with E-state index in [1.165, 1.54) is 11.0 Å². The predicted molar refractivity (Wildman–Crippen MR) is 200 cm³/mol. The molecule has 284 valence electrons. The standard InChI is InChI=1S/C37H40N12O6/c50-19-25-16-41-49(46-25)30-14-29(32(53)33(30)54)48-20-40-31-34(39-17-28(21-3-7-26(51)8-4-21)22-5-9-27(52)10-6-22)44-36(45-35(31)48)47-13-11-24(18-47)43-37(55)42-23-2-1-12-38-15-23/h1-10,12,15-16,20,24,28-30,32-33,50-54H,11,13-14,17-19H2,(H,39,44,45)(H2,42,43,55)/t24?,29-,30+,32+,33-/m1/s1. The first-order valence-electron chi connectivity index (χ1n) is 17.9. The number of aliphatic hydroxyl groups is 3. The van der Waals surface area contributed by atoms with Crippen molar-refractivity contribution < 1.29 is 30.3 Å². The molecule has 6 aromatic rings. The first kappa shape index (κ1) is 35.6. The number of benzene rings is 2. The Kier molecular flexibility index (Phi) is 9.83. The molecule has 18 nitrogen and oxygen atoms in total. The molecule has 1 saturated carbocycles. The number of carbonyl (C=O) groups is 1. The molecular formula is C37H40N12O6. The number of aliphatic hydroxyl groups excluding tert-OH is 3. The molecule has 1 unspecified atom stereocenters. The lowest BCUT2D eigenvalue weighted by molar-refractivity contribution is 0.00491. The molecule has 1 aliphatic carbocycles. The molecule has 1 saturated heterocycles. The topological polar surface area (TPSA) is 245 Å². The van der Waals surface area contributed by atoms with Gasteiger partial charge in [-0.1, -0.05) is 24.3 Å². The maximum Gasteiger partial charge on any atom is 0.319 e. The Labute approximate surface area is 314 Å². The molecule has 2 fully saturated rings. The molecule has 2 aliphatic rings. The fourth-order valence-electron chi connectivity index (χ4n) is 7.33. The van der Waals surface area contributed by atoms with Crippen molar-refractivity contribution in [3.8, 4) is 11.5 Å². The summed E-state index contributed by atoms with van der Waals surface area (Å²) < 4.78 is 1.74. The van der Waals surface area contributed by atoms with E-state index in [2.05, 4.69) is 31.1 Å². The van der Waals surface area contributed by atoms with Gasteiger partial charge in [-0.25, -0.2) is 9.78 Å². The van der Waals surface area contributed by atoms with Crippen molar-refractivity contribution in [2.45, 2.75) is 55.7 Å². The number of fused-ring (bicyclic) bond motifs is 1. The highest BCUT2D eigenvalue weighted by atomic mass is 16.3. The van der Waals surface area contributed by atoms with Crippen LogP contribution in [-0.2, 0) is 6.61 Å². The van der Waals surface area contributed by atoms with Gasteiger partial charge in [0.1, 0.15) is 35.4 Å². The third-order valence-electron chi connectivity index (χ3n) is 10.2. The third kappa shape index (κ3) is 7.42. The molecule has 0 bridgehead atoms. The molecule has 1 aliphatic heterocycles. The Morgan fingerprint density at radius 3 is 2.33 bits per heavy atom. The second-order valence-corrected chi connectivity index (χ2v) is 13.8. The van der Waals surface area contributed by atoms with Gasteiger partial charge in [-0.3, -0.25) is 4.98 Å². The van der Waals surface area contributed by atoms with Gasteiger partial charge in [0.05, 0.1) is 37.1 Å². The van der Waals surface area contributed by atoms with Crippen molar-refractivity contribution in [2.75, 3.05) is 35.2 Å². The van der Waals surface area contributed by atoms with Gasteiger partial charge in [-0.05, 0) is 60.4 Å². The molecule has 55 heavy (non-hydrogen) atoms. The minimum absolute atomic E-state index is 0.139. The highest BCUT2D eigenvalue weighted by molar-refractivity contribution is 5.89. The Morgan fingerprint density at radius 2 is 1.65 bits per heavy atom. The van der Waals surface area contributed by atoms with Gasteiger partial charge < -0.3 is 51.0 Å². The number of hydrogen-bond acceptors (Lipinski definition) is 14. The van der Waals surface area contributed by atoms with Crippen LogP contribution in [0, 0.1) is 0 Å². The highest BCUT2D eigenvalue weighted by Gasteiger charge is 2.45. The first-order valence-corrected chi connectivity index (χ1v) is 17.9. The number of urea groups is 1. The van der Waals surface area contributed by atoms with Crippen molar-refractivity contribution in [2.24, 2.45) is 0 Å². The zero-order valence-electron chi connectivity index (χ0n) is 29.5. The summed E-state index contributed by atoms with van der Waals surface area (Å²) in [5.74, 6) is 0.859. The van der Waals surface area contributed by atoms with E-state index in [-0.39, 0.29) is 42.5 Å². The second kappa shape index (κ2) is 15.2. The largest absolute Gasteiger partial charge is 0.508 e. The number of phenolic OH excluding ortho intramolecular Hbond substituents is 2. The summed E-state index contributed by atoms with van der Waals surface area (Å²) in [5.41, 5.74) is 3.60. The van der Waals surface area contributed by atoms with E-state index in [0.29, 0.717) is 60.4 Å². The fourth-order valence-corrected chi connectivity index (χ4v) is 7.33. The number of nitrogens with one attached hydrogen (secondary N) is 3. The van der Waals surface area contributed by atoms with Gasteiger partial charge in [0.15, 0.2) is 17.0 Å². The molecule has 5 heterocycles. The van der Waals surface area contributed by atoms with Crippen molar-refractivity contribution in [3.05, 3.63) is 102 Å². The van der Waals surface area contributed by atoms with Crippen LogP contribution in [0.2, 0.25) is 0 Å². The zero-order valence-corrected chi connectivity index (χ0v) is 29.5. The molecule has 0 spiro atoms. The summed E-state index contributed by atoms with van der Waals surface area (Å²) in [5, 5.41) is 69.8. The van der Waals surface area contributed by atoms with Gasteiger partial charge in [0, 0.05) is 37.8 Å². The number of hydrogen-bond donors (Lipinski definition) is 8. The number of aromatic hydroxyl groups is 2. The fraction of sp³-hybridized carbons (Fsp3) is 0.324. The molecule has 8 N–H and O–H groups in total. The van der Waals surface area contributed by atoms with E-state index in [1.807, 2.05) is 29.2 Å². The van der Waals surface area contributed by atoms with Gasteiger partial charge >= 0.3 is 6.03 Å². The third-order valence-corrected chi connectivity index (χ3v) is 10.2. The molecule has 2 aromatic carbocycles. The minimum Gasteiger partial charge on any atom is -0.508 e. The number of phenols is 2. The Balaban J connectivity index is 1.11. The molecule has 8 rings (SSSR count). The zero-order chi connectivity index (χ0) is 38.1. The number of aromatic nitrogens is 8. The normalized spacial score (nSPS) is 21.0. The number of nitrogens with zero attached hydrogens (tertiary/aromatic N) is 9. The molecule has 4 aromatic heterocycles. The van der Waals surface area contributed by atoms with Crippen LogP contribution >= 0.6 is 0 Å². The number of pyridine rings is 1. The van der Waals surface area contributed by atoms with Crippen LogP contribution in [-0.4, -0.2) is 109 Å². The quantitative estimate of drug-likeness (QED) is 0.0948. The maximum absolute atomic E-state index is 12.8. The lowest BCUT2D eigenvalue weighted by atomic mass is 9.91. The van der Waals surface area contributed by atoms with Crippen LogP contribution in [0.25, 0.3) is 11.2 Å². The van der Waals surface area contributed by atoms with Gasteiger partial charge in [0.25, 0.3) is 0 Å². The summed E-state index contributed by atoms with van der Waals surface area (Å²) in [6.45, 7) is 1.01. The van der Waals surface area contributed by atoms with Crippen LogP contribution in [0.3, 0.4) is 0 Å². The Morgan fingerprint density at radius 1 is 0.927 bits per heavy atom. The van der Waals surface area contributed by atoms with Crippen molar-refractivity contribution in [1.29, 1.82) is 0 Å². The van der Waals surface area contributed by atoms with Gasteiger partial charge in [0.2, 0.25) is 5.95 Å². The maximum atomic E-state index is 12.8. The Hall–Kier alpha value is -6.37. The Bertz CT molecular complexity index is 2210. The molecule has 5 atom stereocenters. The van der Waals surface area contributed by atoms with E-state index in [1.54, 1.807) is 59.7 Å². The summed E-state index contributed by atoms with van der Waals surface area (Å²) in [4.78, 5) is 34.8. The first-order chi connectivity index (χ1) is 26.7. The van der Waals surface area contributed by atoms with E-state index in [4.69, 9.17) is 15.0 Å². The number of anilines is 3. The van der Waals surface area contributed by atoms with Crippen LogP contribution in [0.1, 0.15) is 47.7 Å². The average molecular weight is 749 g/mol. The number of amides is 2. The smallest absolute Gasteiger partial charge is 0.319 e.